The standard InChI is InChI=1S/C9H9N3O/c10-3-5-1-2-6(11)8-7(12)4-13-9(5)8/h1-2,7H,4,11-12H2/t7-/m1/s1. The Bertz CT molecular complexity index is 395. The summed E-state index contributed by atoms with van der Waals surface area (Å²) in [6.45, 7) is 0.401. The molecule has 1 atom stereocenters. The van der Waals surface area contributed by atoms with Crippen molar-refractivity contribution < 1.29 is 4.74 Å². The fraction of sp³-hybridized carbons (Fsp3) is 0.222. The summed E-state index contributed by atoms with van der Waals surface area (Å²) in [7, 11) is 0. The van der Waals surface area contributed by atoms with Crippen LogP contribution in [0.4, 0.5) is 5.69 Å². The van der Waals surface area contributed by atoms with E-state index in [9.17, 15) is 0 Å². The Morgan fingerprint density at radius 3 is 3.00 bits per heavy atom. The number of rotatable bonds is 0. The van der Waals surface area contributed by atoms with Gasteiger partial charge in [-0.3, -0.25) is 0 Å². The zero-order chi connectivity index (χ0) is 9.42. The van der Waals surface area contributed by atoms with E-state index in [2.05, 4.69) is 0 Å². The molecule has 1 aliphatic rings. The predicted molar refractivity (Wildman–Crippen MR) is 48.0 cm³/mol. The molecule has 0 fully saturated rings. The van der Waals surface area contributed by atoms with Crippen LogP contribution in [0.2, 0.25) is 0 Å². The van der Waals surface area contributed by atoms with Gasteiger partial charge in [-0.25, -0.2) is 0 Å². The predicted octanol–water partition coefficient (Wildman–Crippen LogP) is 0.533. The second-order valence-corrected chi connectivity index (χ2v) is 2.97. The molecule has 0 aromatic heterocycles. The molecule has 1 aromatic rings. The van der Waals surface area contributed by atoms with Gasteiger partial charge in [-0.1, -0.05) is 0 Å². The molecular formula is C9H9N3O. The van der Waals surface area contributed by atoms with Crippen molar-refractivity contribution in [1.29, 1.82) is 5.26 Å². The van der Waals surface area contributed by atoms with E-state index in [0.717, 1.165) is 5.56 Å². The van der Waals surface area contributed by atoms with Gasteiger partial charge in [0.05, 0.1) is 11.6 Å². The quantitative estimate of drug-likeness (QED) is 0.563. The summed E-state index contributed by atoms with van der Waals surface area (Å²) >= 11 is 0. The Hall–Kier alpha value is -1.73. The van der Waals surface area contributed by atoms with Gasteiger partial charge in [-0.05, 0) is 12.1 Å². The highest BCUT2D eigenvalue weighted by Gasteiger charge is 2.25. The monoisotopic (exact) mass is 175 g/mol. The molecule has 1 aromatic carbocycles. The van der Waals surface area contributed by atoms with Gasteiger partial charge in [0, 0.05) is 11.3 Å². The van der Waals surface area contributed by atoms with E-state index in [1.54, 1.807) is 12.1 Å². The largest absolute Gasteiger partial charge is 0.490 e. The summed E-state index contributed by atoms with van der Waals surface area (Å²) in [5, 5.41) is 8.77. The second-order valence-electron chi connectivity index (χ2n) is 2.97. The van der Waals surface area contributed by atoms with E-state index in [4.69, 9.17) is 21.5 Å². The van der Waals surface area contributed by atoms with Crippen molar-refractivity contribution in [1.82, 2.24) is 0 Å². The number of hydrogen-bond donors (Lipinski definition) is 2. The molecule has 1 heterocycles. The number of ether oxygens (including phenoxy) is 1. The van der Waals surface area contributed by atoms with Crippen molar-refractivity contribution in [2.24, 2.45) is 5.73 Å². The SMILES string of the molecule is N#Cc1ccc(N)c2c1OC[C@H]2N. The zero-order valence-electron chi connectivity index (χ0n) is 6.95. The summed E-state index contributed by atoms with van der Waals surface area (Å²) in [4.78, 5) is 0. The van der Waals surface area contributed by atoms with Gasteiger partial charge in [0.25, 0.3) is 0 Å². The lowest BCUT2D eigenvalue weighted by molar-refractivity contribution is 0.332. The molecule has 13 heavy (non-hydrogen) atoms. The van der Waals surface area contributed by atoms with Crippen LogP contribution in [0, 0.1) is 11.3 Å². The van der Waals surface area contributed by atoms with Crippen LogP contribution >= 0.6 is 0 Å². The molecule has 4 heteroatoms. The van der Waals surface area contributed by atoms with E-state index in [1.807, 2.05) is 6.07 Å². The zero-order valence-corrected chi connectivity index (χ0v) is 6.95. The topological polar surface area (TPSA) is 85.1 Å². The highest BCUT2D eigenvalue weighted by molar-refractivity contribution is 5.63. The highest BCUT2D eigenvalue weighted by atomic mass is 16.5. The van der Waals surface area contributed by atoms with Crippen LogP contribution in [0.5, 0.6) is 5.75 Å². The fourth-order valence-corrected chi connectivity index (χ4v) is 1.50. The van der Waals surface area contributed by atoms with Gasteiger partial charge < -0.3 is 16.2 Å². The van der Waals surface area contributed by atoms with Crippen LogP contribution in [0.15, 0.2) is 12.1 Å². The number of benzene rings is 1. The maximum Gasteiger partial charge on any atom is 0.144 e. The molecule has 4 N–H and O–H groups in total. The van der Waals surface area contributed by atoms with Gasteiger partial charge >= 0.3 is 0 Å². The first-order valence-corrected chi connectivity index (χ1v) is 3.95. The summed E-state index contributed by atoms with van der Waals surface area (Å²) < 4.78 is 5.29. The van der Waals surface area contributed by atoms with Crippen LogP contribution in [-0.2, 0) is 0 Å². The van der Waals surface area contributed by atoms with Gasteiger partial charge in [0.15, 0.2) is 0 Å². The molecule has 4 nitrogen and oxygen atoms in total. The number of anilines is 1. The Labute approximate surface area is 75.7 Å². The van der Waals surface area contributed by atoms with E-state index >= 15 is 0 Å². The van der Waals surface area contributed by atoms with Crippen molar-refractivity contribution in [3.63, 3.8) is 0 Å². The number of nitrogens with two attached hydrogens (primary N) is 2. The third-order valence-electron chi connectivity index (χ3n) is 2.13. The Morgan fingerprint density at radius 2 is 2.31 bits per heavy atom. The van der Waals surface area contributed by atoms with Gasteiger partial charge in [0.1, 0.15) is 18.4 Å². The molecule has 66 valence electrons. The number of nitrogen functional groups attached to an aromatic ring is 1. The first kappa shape index (κ1) is 7.90. The number of nitrogens with zero attached hydrogens (tertiary/aromatic N) is 1. The summed E-state index contributed by atoms with van der Waals surface area (Å²) in [5.74, 6) is 0.551. The minimum absolute atomic E-state index is 0.205. The Morgan fingerprint density at radius 1 is 1.54 bits per heavy atom. The molecule has 0 amide bonds. The van der Waals surface area contributed by atoms with Crippen LogP contribution in [0.25, 0.3) is 0 Å². The number of hydrogen-bond acceptors (Lipinski definition) is 4. The van der Waals surface area contributed by atoms with E-state index in [0.29, 0.717) is 23.6 Å². The molecular weight excluding hydrogens is 166 g/mol. The highest BCUT2D eigenvalue weighted by Crippen LogP contribution is 2.37. The molecule has 0 spiro atoms. The minimum Gasteiger partial charge on any atom is -0.490 e. The van der Waals surface area contributed by atoms with Crippen LogP contribution in [0.1, 0.15) is 17.2 Å². The summed E-state index contributed by atoms with van der Waals surface area (Å²) in [6.07, 6.45) is 0. The van der Waals surface area contributed by atoms with Crippen molar-refractivity contribution in [2.45, 2.75) is 6.04 Å². The average molecular weight is 175 g/mol. The van der Waals surface area contributed by atoms with E-state index in [-0.39, 0.29) is 6.04 Å². The minimum atomic E-state index is -0.205. The van der Waals surface area contributed by atoms with Crippen molar-refractivity contribution >= 4 is 5.69 Å². The van der Waals surface area contributed by atoms with Crippen molar-refractivity contribution in [3.8, 4) is 11.8 Å². The lowest BCUT2D eigenvalue weighted by atomic mass is 10.0. The van der Waals surface area contributed by atoms with Crippen LogP contribution in [0.3, 0.4) is 0 Å². The third-order valence-corrected chi connectivity index (χ3v) is 2.13. The van der Waals surface area contributed by atoms with Crippen LogP contribution < -0.4 is 16.2 Å². The maximum absolute atomic E-state index is 8.77. The first-order valence-electron chi connectivity index (χ1n) is 3.95. The average Bonchev–Trinajstić information content (AvgIpc) is 2.50. The number of nitriles is 1. The Kier molecular flexibility index (Phi) is 1.61. The smallest absolute Gasteiger partial charge is 0.144 e. The molecule has 0 unspecified atom stereocenters. The fourth-order valence-electron chi connectivity index (χ4n) is 1.50. The van der Waals surface area contributed by atoms with Gasteiger partial charge in [0.2, 0.25) is 0 Å². The van der Waals surface area contributed by atoms with Gasteiger partial charge in [-0.15, -0.1) is 0 Å². The molecule has 2 rings (SSSR count). The van der Waals surface area contributed by atoms with E-state index in [1.165, 1.54) is 0 Å². The summed E-state index contributed by atoms with van der Waals surface area (Å²) in [6, 6.07) is 5.17. The van der Waals surface area contributed by atoms with Crippen LogP contribution in [-0.4, -0.2) is 6.61 Å². The molecule has 0 bridgehead atoms. The normalized spacial score (nSPS) is 18.9. The second kappa shape index (κ2) is 2.64. The number of fused-ring (bicyclic) bond motifs is 1. The maximum atomic E-state index is 8.77. The first-order chi connectivity index (χ1) is 6.24. The molecule has 0 saturated heterocycles. The lowest BCUT2D eigenvalue weighted by Crippen LogP contribution is -2.12. The third kappa shape index (κ3) is 1.02. The molecule has 0 radical (unpaired) electrons. The van der Waals surface area contributed by atoms with E-state index < -0.39 is 0 Å². The molecule has 0 saturated carbocycles. The molecule has 1 aliphatic heterocycles. The van der Waals surface area contributed by atoms with Crippen molar-refractivity contribution in [3.05, 3.63) is 23.3 Å². The summed E-state index contributed by atoms with van der Waals surface area (Å²) in [5.41, 5.74) is 13.3. The lowest BCUT2D eigenvalue weighted by Gasteiger charge is -2.05. The van der Waals surface area contributed by atoms with Crippen molar-refractivity contribution in [2.75, 3.05) is 12.3 Å². The molecule has 0 aliphatic carbocycles. The Balaban J connectivity index is 2.67. The van der Waals surface area contributed by atoms with Gasteiger partial charge in [-0.2, -0.15) is 5.26 Å².